The molecular formula is C10H9Br2NO3. The van der Waals surface area contributed by atoms with Crippen LogP contribution in [0.3, 0.4) is 0 Å². The van der Waals surface area contributed by atoms with E-state index in [2.05, 4.69) is 31.9 Å². The van der Waals surface area contributed by atoms with Crippen LogP contribution >= 0.6 is 31.9 Å². The smallest absolute Gasteiger partial charge is 0.235 e. The Morgan fingerprint density at radius 1 is 1.50 bits per heavy atom. The van der Waals surface area contributed by atoms with E-state index >= 15 is 0 Å². The Hall–Kier alpha value is -0.880. The Bertz CT molecular complexity index is 432. The van der Waals surface area contributed by atoms with E-state index in [4.69, 9.17) is 4.74 Å². The molecule has 0 aromatic heterocycles. The lowest BCUT2D eigenvalue weighted by Crippen LogP contribution is -1.95. The van der Waals surface area contributed by atoms with Crippen LogP contribution in [0.2, 0.25) is 0 Å². The van der Waals surface area contributed by atoms with Crippen molar-refractivity contribution in [2.24, 2.45) is 0 Å². The number of nitrogens with zero attached hydrogens (tertiary/aromatic N) is 1. The van der Waals surface area contributed by atoms with Crippen LogP contribution in [0.1, 0.15) is 12.5 Å². The van der Waals surface area contributed by atoms with Crippen LogP contribution in [0.25, 0.3) is 6.08 Å². The fourth-order valence-electron chi connectivity index (χ4n) is 1.14. The molecule has 1 aromatic rings. The fourth-order valence-corrected chi connectivity index (χ4v) is 2.51. The van der Waals surface area contributed by atoms with Gasteiger partial charge in [-0.25, -0.2) is 0 Å². The molecule has 0 unspecified atom stereocenters. The standard InChI is InChI=1S/C10H9Br2NO3/c1-2-16-10-7(3-4-13(14)15)5-8(11)6-9(10)12/h3-6H,2H2,1H3. The van der Waals surface area contributed by atoms with Gasteiger partial charge in [0.15, 0.2) is 0 Å². The molecule has 0 atom stereocenters. The van der Waals surface area contributed by atoms with Crippen molar-refractivity contribution in [3.8, 4) is 5.75 Å². The van der Waals surface area contributed by atoms with Gasteiger partial charge in [-0.05, 0) is 35.0 Å². The topological polar surface area (TPSA) is 52.4 Å². The van der Waals surface area contributed by atoms with Crippen molar-refractivity contribution in [3.05, 3.63) is 43.0 Å². The molecule has 4 nitrogen and oxygen atoms in total. The van der Waals surface area contributed by atoms with Crippen LogP contribution in [0.5, 0.6) is 5.75 Å². The van der Waals surface area contributed by atoms with Gasteiger partial charge in [-0.1, -0.05) is 15.9 Å². The molecule has 0 amide bonds. The molecule has 0 saturated heterocycles. The van der Waals surface area contributed by atoms with E-state index in [0.29, 0.717) is 17.9 Å². The third kappa shape index (κ3) is 3.61. The molecule has 0 radical (unpaired) electrons. The maximum Gasteiger partial charge on any atom is 0.235 e. The third-order valence-corrected chi connectivity index (χ3v) is 2.75. The average molecular weight is 351 g/mol. The predicted molar refractivity (Wildman–Crippen MR) is 69.0 cm³/mol. The van der Waals surface area contributed by atoms with Gasteiger partial charge in [-0.2, -0.15) is 0 Å². The molecular weight excluding hydrogens is 342 g/mol. The summed E-state index contributed by atoms with van der Waals surface area (Å²) in [6, 6.07) is 3.59. The number of rotatable bonds is 4. The van der Waals surface area contributed by atoms with Crippen LogP contribution in [0, 0.1) is 10.1 Å². The zero-order valence-electron chi connectivity index (χ0n) is 8.44. The van der Waals surface area contributed by atoms with E-state index in [1.54, 1.807) is 6.07 Å². The average Bonchev–Trinajstić information content (AvgIpc) is 2.19. The van der Waals surface area contributed by atoms with Crippen LogP contribution in [0.15, 0.2) is 27.3 Å². The third-order valence-electron chi connectivity index (χ3n) is 1.70. The summed E-state index contributed by atoms with van der Waals surface area (Å²) in [6.07, 6.45) is 2.29. The Balaban J connectivity index is 3.18. The van der Waals surface area contributed by atoms with E-state index in [1.165, 1.54) is 6.08 Å². The number of ether oxygens (including phenoxy) is 1. The van der Waals surface area contributed by atoms with Gasteiger partial charge in [0.1, 0.15) is 5.75 Å². The molecule has 86 valence electrons. The van der Waals surface area contributed by atoms with Gasteiger partial charge >= 0.3 is 0 Å². The largest absolute Gasteiger partial charge is 0.492 e. The molecule has 0 aliphatic rings. The van der Waals surface area contributed by atoms with E-state index in [9.17, 15) is 10.1 Å². The summed E-state index contributed by atoms with van der Waals surface area (Å²) >= 11 is 6.66. The van der Waals surface area contributed by atoms with Crippen LogP contribution in [-0.2, 0) is 0 Å². The van der Waals surface area contributed by atoms with Crippen molar-refractivity contribution in [2.45, 2.75) is 6.92 Å². The molecule has 0 heterocycles. The zero-order valence-corrected chi connectivity index (χ0v) is 11.6. The lowest BCUT2D eigenvalue weighted by molar-refractivity contribution is -0.400. The molecule has 0 bridgehead atoms. The van der Waals surface area contributed by atoms with E-state index in [-0.39, 0.29) is 0 Å². The van der Waals surface area contributed by atoms with Gasteiger partial charge < -0.3 is 4.74 Å². The van der Waals surface area contributed by atoms with E-state index in [0.717, 1.165) is 15.1 Å². The minimum absolute atomic E-state index is 0.500. The van der Waals surface area contributed by atoms with Crippen molar-refractivity contribution >= 4 is 37.9 Å². The van der Waals surface area contributed by atoms with Crippen molar-refractivity contribution in [1.29, 1.82) is 0 Å². The maximum absolute atomic E-state index is 10.3. The highest BCUT2D eigenvalue weighted by atomic mass is 79.9. The Morgan fingerprint density at radius 2 is 2.19 bits per heavy atom. The highest BCUT2D eigenvalue weighted by Gasteiger charge is 2.08. The SMILES string of the molecule is CCOc1c(Br)cc(Br)cc1C=C[N+](=O)[O-]. The molecule has 0 aliphatic heterocycles. The minimum atomic E-state index is -0.509. The van der Waals surface area contributed by atoms with E-state index in [1.807, 2.05) is 13.0 Å². The summed E-state index contributed by atoms with van der Waals surface area (Å²) in [4.78, 5) is 9.76. The number of halogens is 2. The van der Waals surface area contributed by atoms with Crippen molar-refractivity contribution in [2.75, 3.05) is 6.61 Å². The molecule has 0 fully saturated rings. The van der Waals surface area contributed by atoms with Crippen molar-refractivity contribution in [3.63, 3.8) is 0 Å². The molecule has 16 heavy (non-hydrogen) atoms. The number of hydrogen-bond acceptors (Lipinski definition) is 3. The van der Waals surface area contributed by atoms with E-state index < -0.39 is 4.92 Å². The quantitative estimate of drug-likeness (QED) is 0.612. The van der Waals surface area contributed by atoms with Crippen molar-refractivity contribution < 1.29 is 9.66 Å². The first-order valence-electron chi connectivity index (χ1n) is 4.48. The van der Waals surface area contributed by atoms with Crippen molar-refractivity contribution in [1.82, 2.24) is 0 Å². The second-order valence-corrected chi connectivity index (χ2v) is 4.61. The Kier molecular flexibility index (Phi) is 4.95. The number of hydrogen-bond donors (Lipinski definition) is 0. The lowest BCUT2D eigenvalue weighted by Gasteiger charge is -2.09. The lowest BCUT2D eigenvalue weighted by atomic mass is 10.2. The summed E-state index contributed by atoms with van der Waals surface area (Å²) in [5, 5.41) is 10.3. The fraction of sp³-hybridized carbons (Fsp3) is 0.200. The summed E-state index contributed by atoms with van der Waals surface area (Å²) in [5.74, 6) is 0.601. The number of benzene rings is 1. The Morgan fingerprint density at radius 3 is 2.75 bits per heavy atom. The van der Waals surface area contributed by atoms with Gasteiger partial charge in [-0.15, -0.1) is 0 Å². The molecule has 0 aliphatic carbocycles. The predicted octanol–water partition coefficient (Wildman–Crippen LogP) is 3.86. The van der Waals surface area contributed by atoms with Gasteiger partial charge in [0.25, 0.3) is 0 Å². The summed E-state index contributed by atoms with van der Waals surface area (Å²) in [6.45, 7) is 2.36. The summed E-state index contributed by atoms with van der Waals surface area (Å²) < 4.78 is 6.99. The first-order chi connectivity index (χ1) is 7.54. The molecule has 0 N–H and O–H groups in total. The first-order valence-corrected chi connectivity index (χ1v) is 6.06. The normalized spacial score (nSPS) is 10.7. The molecule has 1 aromatic carbocycles. The molecule has 6 heteroatoms. The van der Waals surface area contributed by atoms with Crippen LogP contribution in [-0.4, -0.2) is 11.5 Å². The Labute approximate surface area is 110 Å². The van der Waals surface area contributed by atoms with Crippen LogP contribution in [0.4, 0.5) is 0 Å². The summed E-state index contributed by atoms with van der Waals surface area (Å²) in [5.41, 5.74) is 0.653. The summed E-state index contributed by atoms with van der Waals surface area (Å²) in [7, 11) is 0. The molecule has 0 spiro atoms. The van der Waals surface area contributed by atoms with Gasteiger partial charge in [0, 0.05) is 16.1 Å². The highest BCUT2D eigenvalue weighted by molar-refractivity contribution is 9.11. The molecule has 0 saturated carbocycles. The second-order valence-electron chi connectivity index (χ2n) is 2.84. The monoisotopic (exact) mass is 349 g/mol. The van der Waals surface area contributed by atoms with Gasteiger partial charge in [0.05, 0.1) is 16.0 Å². The van der Waals surface area contributed by atoms with Gasteiger partial charge in [-0.3, -0.25) is 10.1 Å². The second kappa shape index (κ2) is 6.00. The van der Waals surface area contributed by atoms with Crippen LogP contribution < -0.4 is 4.74 Å². The maximum atomic E-state index is 10.3. The molecule has 1 rings (SSSR count). The minimum Gasteiger partial charge on any atom is -0.492 e. The first kappa shape index (κ1) is 13.2. The highest BCUT2D eigenvalue weighted by Crippen LogP contribution is 2.33. The van der Waals surface area contributed by atoms with Gasteiger partial charge in [0.2, 0.25) is 6.20 Å². The zero-order chi connectivity index (χ0) is 12.1. The number of nitro groups is 1.